The topological polar surface area (TPSA) is 41.3 Å². The van der Waals surface area contributed by atoms with Gasteiger partial charge < -0.3 is 0 Å². The Kier molecular flexibility index (Phi) is 8.76. The Morgan fingerprint density at radius 3 is 1.65 bits per heavy atom. The maximum absolute atomic E-state index is 9.38. The van der Waals surface area contributed by atoms with Gasteiger partial charge in [0.2, 0.25) is 0 Å². The van der Waals surface area contributed by atoms with E-state index in [0.717, 1.165) is 71.8 Å². The number of para-hydroxylation sites is 4. The van der Waals surface area contributed by atoms with E-state index < -0.39 is 60.4 Å². The molecule has 0 N–H and O–H groups in total. The van der Waals surface area contributed by atoms with Crippen LogP contribution in [-0.4, -0.2) is 23.1 Å². The molecule has 368 valence electrons. The summed E-state index contributed by atoms with van der Waals surface area (Å²) in [6.07, 6.45) is 1.86. The van der Waals surface area contributed by atoms with Gasteiger partial charge in [-0.1, -0.05) is 32.9 Å². The fourth-order valence-corrected chi connectivity index (χ4v) is 11.6. The van der Waals surface area contributed by atoms with Crippen molar-refractivity contribution in [2.75, 3.05) is 0 Å². The zero-order valence-corrected chi connectivity index (χ0v) is 44.3. The van der Waals surface area contributed by atoms with Crippen molar-refractivity contribution < 1.29 is 37.8 Å². The van der Waals surface area contributed by atoms with Gasteiger partial charge >= 0.3 is 407 Å². The number of pyridine rings is 1. The number of ether oxygens (including phenoxy) is 1. The van der Waals surface area contributed by atoms with Crippen LogP contribution in [0.1, 0.15) is 66.4 Å². The molecule has 6 nitrogen and oxygen atoms in total. The molecule has 7 heteroatoms. The van der Waals surface area contributed by atoms with E-state index in [1.54, 1.807) is 18.2 Å². The van der Waals surface area contributed by atoms with Crippen molar-refractivity contribution >= 4 is 60.2 Å². The third-order valence-electron chi connectivity index (χ3n) is 14.2. The quantitative estimate of drug-likeness (QED) is 0.160. The fourth-order valence-electron chi connectivity index (χ4n) is 10.6. The second-order valence-electron chi connectivity index (χ2n) is 20.9. The number of aromatic nitrogens is 5. The first kappa shape index (κ1) is 36.6. The Morgan fingerprint density at radius 1 is 0.453 bits per heavy atom. The zero-order chi connectivity index (χ0) is 59.9. The van der Waals surface area contributed by atoms with Gasteiger partial charge in [0.05, 0.1) is 0 Å². The van der Waals surface area contributed by atoms with E-state index in [2.05, 4.69) is 153 Å². The molecular weight excluding hydrogens is 1100 g/mol. The van der Waals surface area contributed by atoms with Crippen LogP contribution in [0.15, 0.2) is 224 Å². The van der Waals surface area contributed by atoms with Crippen LogP contribution >= 0.6 is 0 Å². The Labute approximate surface area is 461 Å². The predicted octanol–water partition coefficient (Wildman–Crippen LogP) is 17.8. The van der Waals surface area contributed by atoms with Gasteiger partial charge in [-0.15, -0.1) is 0 Å². The summed E-state index contributed by atoms with van der Waals surface area (Å²) < 4.78 is 106. The molecule has 0 radical (unpaired) electrons. The van der Waals surface area contributed by atoms with Gasteiger partial charge in [-0.25, -0.2) is 0 Å². The van der Waals surface area contributed by atoms with E-state index >= 15 is 0 Å². The first-order valence-corrected chi connectivity index (χ1v) is 26.0. The van der Waals surface area contributed by atoms with Gasteiger partial charge in [0, 0.05) is 6.20 Å². The van der Waals surface area contributed by atoms with Crippen molar-refractivity contribution in [3.63, 3.8) is 0 Å². The Balaban J connectivity index is 1.17. The second-order valence-corrected chi connectivity index (χ2v) is 21.9. The van der Waals surface area contributed by atoms with Crippen LogP contribution in [0.5, 0.6) is 11.5 Å². The molecular formula is C68H55N5OPt. The average Bonchev–Trinajstić information content (AvgIpc) is 1.74. The fraction of sp³-hybridized carbons (Fsp3) is 0.118. The van der Waals surface area contributed by atoms with Crippen molar-refractivity contribution in [1.82, 2.24) is 23.1 Å². The SMILES string of the molecule is [2H]c1c([2H])c([2H])c(-c2cccc(-c3c([2H])c([2H])c([2H])c([2H])c3[2H])c2-n2[c](=[Pt])n3c4cc(Oc5ccc6c7ccccc7n(-c7cc(C(C)(C)C)ccn7)c6c5)ccc4n(-c4ccc(C(C)(C)C)cc4)c4ccccc4c4cccc2c43)c([2H])c1[2H]. The molecule has 0 saturated carbocycles. The van der Waals surface area contributed by atoms with Crippen molar-refractivity contribution in [2.45, 2.75) is 52.4 Å². The molecule has 0 aliphatic heterocycles. The molecule has 0 saturated heterocycles. The van der Waals surface area contributed by atoms with Crippen molar-refractivity contribution in [1.29, 1.82) is 0 Å². The van der Waals surface area contributed by atoms with Gasteiger partial charge in [-0.3, -0.25) is 0 Å². The van der Waals surface area contributed by atoms with E-state index in [4.69, 9.17) is 17.9 Å². The minimum absolute atomic E-state index is 0.119. The van der Waals surface area contributed by atoms with E-state index in [0.29, 0.717) is 26.3 Å². The molecule has 0 fully saturated rings. The summed E-state index contributed by atoms with van der Waals surface area (Å²) in [5, 5.41) is 3.82. The van der Waals surface area contributed by atoms with Crippen LogP contribution < -0.4 is 4.74 Å². The van der Waals surface area contributed by atoms with E-state index in [-0.39, 0.29) is 38.8 Å². The normalized spacial score (nSPS) is 14.1. The van der Waals surface area contributed by atoms with Gasteiger partial charge in [-0.2, -0.15) is 0 Å². The molecule has 75 heavy (non-hydrogen) atoms. The molecule has 0 bridgehead atoms. The summed E-state index contributed by atoms with van der Waals surface area (Å²) in [5.41, 5.74) is 8.86. The number of rotatable bonds is 7. The molecule has 0 aliphatic rings. The Hall–Kier alpha value is -8.31. The molecule has 0 unspecified atom stereocenters. The summed E-state index contributed by atoms with van der Waals surface area (Å²) in [5.74, 6) is 1.87. The third-order valence-corrected chi connectivity index (χ3v) is 15.2. The number of hydrogen-bond donors (Lipinski definition) is 0. The summed E-state index contributed by atoms with van der Waals surface area (Å²) in [6.45, 7) is 13.1. The second kappa shape index (κ2) is 18.0. The predicted molar refractivity (Wildman–Crippen MR) is 308 cm³/mol. The molecule has 13 rings (SSSR count). The zero-order valence-electron chi connectivity index (χ0n) is 52.0. The Bertz CT molecular complexity index is 4960. The van der Waals surface area contributed by atoms with Crippen LogP contribution in [0.4, 0.5) is 0 Å². The summed E-state index contributed by atoms with van der Waals surface area (Å²) >= 11 is 2.26. The van der Waals surface area contributed by atoms with E-state index in [9.17, 15) is 5.48 Å². The number of imidazole rings is 1. The van der Waals surface area contributed by atoms with Crippen molar-refractivity contribution in [3.8, 4) is 50.9 Å². The average molecular weight is 1160 g/mol. The monoisotopic (exact) mass is 1160 g/mol. The summed E-state index contributed by atoms with van der Waals surface area (Å²) in [7, 11) is 0. The molecule has 13 aromatic rings. The molecule has 0 spiro atoms. The molecule has 0 aliphatic carbocycles. The van der Waals surface area contributed by atoms with Gasteiger partial charge in [0.25, 0.3) is 0 Å². The van der Waals surface area contributed by atoms with Crippen LogP contribution in [0.2, 0.25) is 0 Å². The van der Waals surface area contributed by atoms with Crippen LogP contribution in [0, 0.1) is 3.80 Å². The molecule has 0 atom stereocenters. The molecule has 4 heterocycles. The third kappa shape index (κ3) is 7.90. The van der Waals surface area contributed by atoms with Crippen molar-refractivity contribution in [2.24, 2.45) is 0 Å². The van der Waals surface area contributed by atoms with Crippen LogP contribution in [-0.2, 0) is 30.2 Å². The van der Waals surface area contributed by atoms with E-state index in [1.807, 2.05) is 71.4 Å². The maximum atomic E-state index is 9.38. The number of fused-ring (bicyclic) bond motifs is 7. The summed E-state index contributed by atoms with van der Waals surface area (Å²) in [4.78, 5) is 4.92. The number of nitrogens with zero attached hydrogens (tertiary/aromatic N) is 5. The molecule has 4 aromatic heterocycles. The van der Waals surface area contributed by atoms with Crippen molar-refractivity contribution in [3.05, 3.63) is 239 Å². The first-order valence-electron chi connectivity index (χ1n) is 29.9. The van der Waals surface area contributed by atoms with E-state index in [1.165, 1.54) is 0 Å². The van der Waals surface area contributed by atoms with Crippen LogP contribution in [0.25, 0.3) is 99.6 Å². The molecule has 0 amide bonds. The van der Waals surface area contributed by atoms with Gasteiger partial charge in [-0.05, 0) is 17.0 Å². The first-order chi connectivity index (χ1) is 40.5. The van der Waals surface area contributed by atoms with Gasteiger partial charge in [0.1, 0.15) is 0 Å². The summed E-state index contributed by atoms with van der Waals surface area (Å²) in [6, 6.07) is 47.1. The number of benzene rings is 9. The van der Waals surface area contributed by atoms with Crippen LogP contribution in [0.3, 0.4) is 0 Å². The standard InChI is InChI=1S/C68H55N5O.Pt/c1-67(2,3)47-31-33-49(34-32-47)72-58-28-15-14-24-55(58)57-27-18-30-61-66(57)71(44-70(61)65-52(45-19-9-7-10-20-45)25-17-26-53(65)46-21-11-8-12-22-46)63-43-51(36-38-60(63)72)74-50-35-37-56-54-23-13-16-29-59(54)73(62(56)42-50)64-41-48(39-40-69-64)68(4,5)6;/h7-43H,1-6H3;/i7D,8D,9D,10D,11D,12D,19D,20D,21D,22D;. The van der Waals surface area contributed by atoms with Gasteiger partial charge in [0.15, 0.2) is 0 Å². The Morgan fingerprint density at radius 2 is 1.00 bits per heavy atom. The minimum atomic E-state index is -0.569. The molecule has 9 aromatic carbocycles. The number of hydrogen-bond acceptors (Lipinski definition) is 2.